The predicted octanol–water partition coefficient (Wildman–Crippen LogP) is 5.86. The Bertz CT molecular complexity index is 1050. The Labute approximate surface area is 216 Å². The summed E-state index contributed by atoms with van der Waals surface area (Å²) in [7, 11) is -1.05. The fourth-order valence-electron chi connectivity index (χ4n) is 2.47. The second-order valence-corrected chi connectivity index (χ2v) is 12.8. The van der Waals surface area contributed by atoms with E-state index in [0.717, 1.165) is 5.56 Å². The molecule has 2 heterocycles. The number of ketones is 1. The Morgan fingerprint density at radius 1 is 0.906 bits per heavy atom. The number of aromatic nitrogens is 3. The molecule has 0 aliphatic carbocycles. The maximum Gasteiger partial charge on any atom is 0.315 e. The second-order valence-electron chi connectivity index (χ2n) is 6.35. The third-order valence-corrected chi connectivity index (χ3v) is 6.69. The third kappa shape index (κ3) is 6.97. The second kappa shape index (κ2) is 10.5. The lowest BCUT2D eigenvalue weighted by molar-refractivity contribution is -0.141. The number of hydrogen-bond acceptors (Lipinski definition) is 6. The summed E-state index contributed by atoms with van der Waals surface area (Å²) in [5.74, 6) is -1.95. The van der Waals surface area contributed by atoms with Gasteiger partial charge in [-0.15, -0.1) is 0 Å². The summed E-state index contributed by atoms with van der Waals surface area (Å²) < 4.78 is 1.14. The van der Waals surface area contributed by atoms with Crippen molar-refractivity contribution in [1.82, 2.24) is 15.0 Å². The molecule has 6 nitrogen and oxygen atoms in total. The van der Waals surface area contributed by atoms with E-state index in [-0.39, 0.29) is 41.4 Å². The lowest BCUT2D eigenvalue weighted by Crippen LogP contribution is -2.20. The summed E-state index contributed by atoms with van der Waals surface area (Å²) in [5, 5.41) is 3.40. The van der Waals surface area contributed by atoms with Gasteiger partial charge in [-0.25, -0.2) is 25.8 Å². The van der Waals surface area contributed by atoms with E-state index in [2.05, 4.69) is 15.0 Å². The van der Waals surface area contributed by atoms with Crippen molar-refractivity contribution in [3.63, 3.8) is 0 Å². The van der Waals surface area contributed by atoms with Crippen molar-refractivity contribution in [3.05, 3.63) is 75.8 Å². The Morgan fingerprint density at radius 3 is 2.06 bits per heavy atom. The van der Waals surface area contributed by atoms with E-state index in [1.807, 2.05) is 30.3 Å². The van der Waals surface area contributed by atoms with Crippen molar-refractivity contribution in [2.24, 2.45) is 0 Å². The van der Waals surface area contributed by atoms with Crippen LogP contribution in [0.2, 0.25) is 0 Å². The van der Waals surface area contributed by atoms with E-state index in [1.165, 1.54) is 0 Å². The van der Waals surface area contributed by atoms with Gasteiger partial charge in [-0.05, 0) is 22.5 Å². The zero-order valence-corrected chi connectivity index (χ0v) is 21.2. The molecule has 0 saturated heterocycles. The van der Waals surface area contributed by atoms with Gasteiger partial charge in [-0.1, -0.05) is 99.9 Å². The number of carbonyl (C=O) groups excluding carboxylic acids is 2. The van der Waals surface area contributed by atoms with E-state index in [4.69, 9.17) is 74.3 Å². The number of carbonyl (C=O) groups is 2. The van der Waals surface area contributed by atoms with Gasteiger partial charge in [-0.2, -0.15) is 0 Å². The van der Waals surface area contributed by atoms with Gasteiger partial charge in [0.25, 0.3) is 0 Å². The van der Waals surface area contributed by atoms with Crippen molar-refractivity contribution in [1.29, 1.82) is 0 Å². The molecule has 0 spiro atoms. The van der Waals surface area contributed by atoms with Gasteiger partial charge in [0.1, 0.15) is 6.61 Å². The molecule has 1 unspecified atom stereocenters. The predicted molar refractivity (Wildman–Crippen MR) is 130 cm³/mol. The number of hydrogen-bond donors (Lipinski definition) is 1. The molecule has 1 atom stereocenters. The number of esters is 1. The molecule has 0 bridgehead atoms. The molecular weight excluding hydrogens is 563 g/mol. The zero-order valence-electron chi connectivity index (χ0n) is 15.8. The van der Waals surface area contributed by atoms with Crippen LogP contribution in [0.3, 0.4) is 0 Å². The number of benzene rings is 1. The molecule has 0 amide bonds. The van der Waals surface area contributed by atoms with Crippen LogP contribution >= 0.6 is 80.5 Å². The van der Waals surface area contributed by atoms with E-state index < -0.39 is 24.3 Å². The molecular formula is C19H13Cl6N3O3S. The van der Waals surface area contributed by atoms with Crippen LogP contribution < -0.4 is 0 Å². The van der Waals surface area contributed by atoms with Crippen LogP contribution in [0.4, 0.5) is 0 Å². The first-order valence-electron chi connectivity index (χ1n) is 8.74. The molecule has 0 N–H and O–H groups in total. The SMILES string of the molecule is O=C(C[SH]1C=CC(C(=O)c2nc(C(Cl)(Cl)Cl)nc(C(Cl)(Cl)Cl)n2)=C1)OCc1ccccc1. The fraction of sp³-hybridized carbons (Fsp3) is 0.211. The standard InChI is InChI=1S/C19H13Cl6N3O3S/c20-18(21,22)16-26-15(27-17(28-16)19(23,24)25)14(30)12-6-7-32(9-12)10-13(29)31-8-11-4-2-1-3-5-11/h1-7,9,32H,8,10H2. The van der Waals surface area contributed by atoms with Crippen molar-refractivity contribution >= 4 is 92.3 Å². The minimum absolute atomic E-state index is 0.117. The zero-order chi connectivity index (χ0) is 23.5. The Hall–Kier alpha value is -1.06. The molecule has 0 saturated carbocycles. The molecule has 1 aliphatic rings. The van der Waals surface area contributed by atoms with Gasteiger partial charge >= 0.3 is 5.97 Å². The molecule has 32 heavy (non-hydrogen) atoms. The minimum atomic E-state index is -2.07. The van der Waals surface area contributed by atoms with Crippen LogP contribution in [0.1, 0.15) is 27.8 Å². The fourth-order valence-corrected chi connectivity index (χ4v) is 4.56. The normalized spacial score (nSPS) is 17.2. The lowest BCUT2D eigenvalue weighted by Gasteiger charge is -2.15. The molecule has 1 aliphatic heterocycles. The first-order valence-corrected chi connectivity index (χ1v) is 12.7. The van der Waals surface area contributed by atoms with E-state index >= 15 is 0 Å². The van der Waals surface area contributed by atoms with Crippen molar-refractivity contribution in [2.75, 3.05) is 5.75 Å². The summed E-state index contributed by atoms with van der Waals surface area (Å²) in [4.78, 5) is 36.7. The topological polar surface area (TPSA) is 82.0 Å². The number of halogens is 6. The molecule has 170 valence electrons. The average molecular weight is 576 g/mol. The van der Waals surface area contributed by atoms with Gasteiger partial charge in [-0.3, -0.25) is 9.59 Å². The maximum atomic E-state index is 12.9. The average Bonchev–Trinajstić information content (AvgIpc) is 3.19. The smallest absolute Gasteiger partial charge is 0.315 e. The molecule has 13 heteroatoms. The number of ether oxygens (including phenoxy) is 1. The van der Waals surface area contributed by atoms with Crippen LogP contribution in [0.15, 0.2) is 52.8 Å². The third-order valence-electron chi connectivity index (χ3n) is 3.91. The van der Waals surface area contributed by atoms with Gasteiger partial charge in [0.05, 0.1) is 5.75 Å². The quantitative estimate of drug-likeness (QED) is 0.201. The van der Waals surface area contributed by atoms with Crippen LogP contribution in [-0.2, 0) is 23.7 Å². The van der Waals surface area contributed by atoms with Crippen LogP contribution in [0.5, 0.6) is 0 Å². The Kier molecular flexibility index (Phi) is 8.36. The summed E-state index contributed by atoms with van der Waals surface area (Å²) in [6, 6.07) is 9.31. The van der Waals surface area contributed by atoms with Crippen LogP contribution in [-0.4, -0.2) is 32.5 Å². The molecule has 1 aromatic carbocycles. The minimum Gasteiger partial charge on any atom is -0.460 e. The highest BCUT2D eigenvalue weighted by Crippen LogP contribution is 2.41. The summed E-state index contributed by atoms with van der Waals surface area (Å²) in [5.41, 5.74) is 1.13. The highest BCUT2D eigenvalue weighted by molar-refractivity contribution is 8.22. The molecule has 1 aromatic heterocycles. The molecule has 0 fully saturated rings. The molecule has 0 radical (unpaired) electrons. The number of nitrogens with zero attached hydrogens (tertiary/aromatic N) is 3. The van der Waals surface area contributed by atoms with E-state index in [9.17, 15) is 9.59 Å². The lowest BCUT2D eigenvalue weighted by atomic mass is 10.2. The largest absolute Gasteiger partial charge is 0.460 e. The Balaban J connectivity index is 1.72. The summed E-state index contributed by atoms with van der Waals surface area (Å²) in [6.07, 6.45) is 1.56. The van der Waals surface area contributed by atoms with Gasteiger partial charge in [0.15, 0.2) is 11.6 Å². The van der Waals surface area contributed by atoms with Crippen molar-refractivity contribution in [3.8, 4) is 0 Å². The first-order chi connectivity index (χ1) is 14.9. The number of allylic oxidation sites excluding steroid dienone is 2. The summed E-state index contributed by atoms with van der Waals surface area (Å²) in [6.45, 7) is 0.173. The van der Waals surface area contributed by atoms with E-state index in [1.54, 1.807) is 16.9 Å². The summed E-state index contributed by atoms with van der Waals surface area (Å²) >= 11 is 35.0. The number of alkyl halides is 6. The highest BCUT2D eigenvalue weighted by Gasteiger charge is 2.35. The Morgan fingerprint density at radius 2 is 1.50 bits per heavy atom. The first kappa shape index (κ1) is 25.6. The van der Waals surface area contributed by atoms with Crippen molar-refractivity contribution in [2.45, 2.75) is 14.2 Å². The molecule has 2 aromatic rings. The van der Waals surface area contributed by atoms with Gasteiger partial charge < -0.3 is 4.74 Å². The van der Waals surface area contributed by atoms with Gasteiger partial charge in [0.2, 0.25) is 19.2 Å². The monoisotopic (exact) mass is 573 g/mol. The van der Waals surface area contributed by atoms with E-state index in [0.29, 0.717) is 0 Å². The maximum absolute atomic E-state index is 12.9. The van der Waals surface area contributed by atoms with Gasteiger partial charge in [0, 0.05) is 5.57 Å². The highest BCUT2D eigenvalue weighted by atomic mass is 35.6. The number of rotatable bonds is 6. The van der Waals surface area contributed by atoms with Crippen LogP contribution in [0.25, 0.3) is 0 Å². The molecule has 3 rings (SSSR count). The number of thiol groups is 1. The number of Topliss-reactive ketones (excluding diaryl/α,β-unsaturated/α-hetero) is 1. The van der Waals surface area contributed by atoms with Crippen LogP contribution in [0, 0.1) is 0 Å². The van der Waals surface area contributed by atoms with Crippen molar-refractivity contribution < 1.29 is 14.3 Å².